The average molecular weight is 124 g/mol. The Morgan fingerprint density at radius 3 is 3.44 bits per heavy atom. The first-order chi connectivity index (χ1) is 4.38. The molecule has 0 aromatic heterocycles. The summed E-state index contributed by atoms with van der Waals surface area (Å²) in [4.78, 5) is 2.46. The summed E-state index contributed by atoms with van der Waals surface area (Å²) in [6.45, 7) is 3.49. The summed E-state index contributed by atoms with van der Waals surface area (Å²) in [5, 5.41) is 3.28. The molecule has 2 unspecified atom stereocenters. The van der Waals surface area contributed by atoms with E-state index in [1.807, 2.05) is 0 Å². The summed E-state index contributed by atoms with van der Waals surface area (Å²) in [7, 11) is 0. The molecule has 1 saturated heterocycles. The monoisotopic (exact) mass is 124 g/mol. The van der Waals surface area contributed by atoms with Crippen LogP contribution in [0, 0.1) is 0 Å². The van der Waals surface area contributed by atoms with Crippen LogP contribution >= 0.6 is 0 Å². The van der Waals surface area contributed by atoms with Gasteiger partial charge in [0.15, 0.2) is 0 Å². The molecule has 1 N–H and O–H groups in total. The maximum atomic E-state index is 3.28. The molecule has 1 fully saturated rings. The van der Waals surface area contributed by atoms with Crippen LogP contribution in [0.25, 0.3) is 0 Å². The van der Waals surface area contributed by atoms with Crippen molar-refractivity contribution in [3.63, 3.8) is 0 Å². The summed E-state index contributed by atoms with van der Waals surface area (Å²) < 4.78 is 0. The minimum absolute atomic E-state index is 0.564. The Morgan fingerprint density at radius 1 is 1.67 bits per heavy atom. The van der Waals surface area contributed by atoms with Gasteiger partial charge < -0.3 is 5.32 Å². The van der Waals surface area contributed by atoms with E-state index in [1.165, 1.54) is 13.0 Å². The molecule has 0 aromatic rings. The van der Waals surface area contributed by atoms with Gasteiger partial charge in [-0.15, -0.1) is 0 Å². The van der Waals surface area contributed by atoms with Crippen LogP contribution in [0.2, 0.25) is 0 Å². The van der Waals surface area contributed by atoms with E-state index in [-0.39, 0.29) is 0 Å². The highest BCUT2D eigenvalue weighted by Gasteiger charge is 2.37. The Balaban J connectivity index is 2.05. The largest absolute Gasteiger partial charge is 0.376 e. The van der Waals surface area contributed by atoms with Crippen LogP contribution in [-0.2, 0) is 0 Å². The highest BCUT2D eigenvalue weighted by Crippen LogP contribution is 2.24. The first-order valence-electron chi connectivity index (χ1n) is 3.55. The topological polar surface area (TPSA) is 15.0 Å². The van der Waals surface area contributed by atoms with E-state index in [0.717, 1.165) is 6.04 Å². The van der Waals surface area contributed by atoms with Crippen molar-refractivity contribution in [2.45, 2.75) is 25.6 Å². The van der Waals surface area contributed by atoms with E-state index in [1.54, 1.807) is 0 Å². The molecule has 2 nitrogen and oxygen atoms in total. The quantitative estimate of drug-likeness (QED) is 0.474. The summed E-state index contributed by atoms with van der Waals surface area (Å²) in [5.74, 6) is 0. The maximum Gasteiger partial charge on any atom is 0.0762 e. The van der Waals surface area contributed by atoms with Crippen LogP contribution < -0.4 is 5.32 Å². The van der Waals surface area contributed by atoms with Crippen molar-refractivity contribution in [3.8, 4) is 0 Å². The van der Waals surface area contributed by atoms with Crippen LogP contribution in [0.1, 0.15) is 13.3 Å². The van der Waals surface area contributed by atoms with Crippen molar-refractivity contribution in [1.82, 2.24) is 10.2 Å². The highest BCUT2D eigenvalue weighted by atomic mass is 15.4. The molecule has 0 aliphatic carbocycles. The highest BCUT2D eigenvalue weighted by molar-refractivity contribution is 5.02. The Hall–Kier alpha value is -0.500. The van der Waals surface area contributed by atoms with Crippen LogP contribution in [0.5, 0.6) is 0 Å². The Labute approximate surface area is 55.5 Å². The normalized spacial score (nSPS) is 47.0. The summed E-state index contributed by atoms with van der Waals surface area (Å²) in [6.07, 6.45) is 6.08. The number of hydrogen-bond acceptors (Lipinski definition) is 2. The molecule has 0 saturated carbocycles. The van der Waals surface area contributed by atoms with Crippen molar-refractivity contribution in [2.75, 3.05) is 6.54 Å². The van der Waals surface area contributed by atoms with Gasteiger partial charge in [0.25, 0.3) is 0 Å². The Morgan fingerprint density at radius 2 is 2.56 bits per heavy atom. The van der Waals surface area contributed by atoms with Crippen molar-refractivity contribution in [2.24, 2.45) is 0 Å². The van der Waals surface area contributed by atoms with Gasteiger partial charge in [0.1, 0.15) is 0 Å². The van der Waals surface area contributed by atoms with Gasteiger partial charge in [0, 0.05) is 12.6 Å². The summed E-state index contributed by atoms with van der Waals surface area (Å²) in [6, 6.07) is 0.853. The third-order valence-electron chi connectivity index (χ3n) is 2.12. The van der Waals surface area contributed by atoms with Gasteiger partial charge in [-0.2, -0.15) is 0 Å². The molecular weight excluding hydrogens is 112 g/mol. The molecule has 3 atom stereocenters. The molecule has 2 aliphatic rings. The second-order valence-corrected chi connectivity index (χ2v) is 2.83. The third-order valence-corrected chi connectivity index (χ3v) is 2.12. The van der Waals surface area contributed by atoms with E-state index in [0.29, 0.717) is 6.17 Å². The van der Waals surface area contributed by atoms with Gasteiger partial charge in [-0.3, -0.25) is 4.90 Å². The fourth-order valence-electron chi connectivity index (χ4n) is 1.41. The van der Waals surface area contributed by atoms with E-state index in [2.05, 4.69) is 29.4 Å². The molecule has 0 bridgehead atoms. The second-order valence-electron chi connectivity index (χ2n) is 2.83. The molecule has 2 aliphatic heterocycles. The van der Waals surface area contributed by atoms with Gasteiger partial charge >= 0.3 is 0 Å². The number of hydrogen-bond donors (Lipinski definition) is 1. The molecule has 0 spiro atoms. The van der Waals surface area contributed by atoms with Crippen LogP contribution in [0.15, 0.2) is 12.3 Å². The van der Waals surface area contributed by atoms with E-state index >= 15 is 0 Å². The fraction of sp³-hybridized carbons (Fsp3) is 0.714. The fourth-order valence-corrected chi connectivity index (χ4v) is 1.41. The molecule has 0 aromatic carbocycles. The summed E-state index contributed by atoms with van der Waals surface area (Å²) >= 11 is 0. The number of nitrogens with zero attached hydrogens (tertiary/aromatic N) is 1. The zero-order valence-electron chi connectivity index (χ0n) is 5.67. The van der Waals surface area contributed by atoms with Gasteiger partial charge in [-0.1, -0.05) is 6.08 Å². The van der Waals surface area contributed by atoms with Crippen LogP contribution in [-0.4, -0.2) is 23.7 Å². The standard InChI is InChI=1S/C7H12N2/c1-6-8-4-2-3-7-5-9(6)7/h2,4,6-8H,3,5H2,1H3/t6?,7-,9?/m0/s1. The third kappa shape index (κ3) is 0.833. The Kier molecular flexibility index (Phi) is 1.02. The van der Waals surface area contributed by atoms with E-state index < -0.39 is 0 Å². The smallest absolute Gasteiger partial charge is 0.0762 e. The van der Waals surface area contributed by atoms with Gasteiger partial charge in [0.05, 0.1) is 6.17 Å². The van der Waals surface area contributed by atoms with Gasteiger partial charge in [0.2, 0.25) is 0 Å². The lowest BCUT2D eigenvalue weighted by Gasteiger charge is -2.10. The van der Waals surface area contributed by atoms with Crippen molar-refractivity contribution in [1.29, 1.82) is 0 Å². The van der Waals surface area contributed by atoms with Gasteiger partial charge in [-0.05, 0) is 19.5 Å². The summed E-state index contributed by atoms with van der Waals surface area (Å²) in [5.41, 5.74) is 0. The lowest BCUT2D eigenvalue weighted by atomic mass is 10.3. The van der Waals surface area contributed by atoms with Gasteiger partial charge in [-0.25, -0.2) is 0 Å². The number of nitrogens with one attached hydrogen (secondary N) is 1. The molecule has 0 amide bonds. The number of fused-ring (bicyclic) bond motifs is 1. The predicted octanol–water partition coefficient (Wildman–Crippen LogP) is 0.524. The zero-order chi connectivity index (χ0) is 6.27. The van der Waals surface area contributed by atoms with Crippen LogP contribution in [0.3, 0.4) is 0 Å². The average Bonchev–Trinajstić information content (AvgIpc) is 2.55. The van der Waals surface area contributed by atoms with Crippen molar-refractivity contribution in [3.05, 3.63) is 12.3 Å². The molecule has 50 valence electrons. The van der Waals surface area contributed by atoms with E-state index in [9.17, 15) is 0 Å². The zero-order valence-corrected chi connectivity index (χ0v) is 5.67. The SMILES string of the molecule is CC1NC=CC[C@H]2CN12. The van der Waals surface area contributed by atoms with Crippen LogP contribution in [0.4, 0.5) is 0 Å². The maximum absolute atomic E-state index is 3.28. The number of rotatable bonds is 0. The molecule has 2 rings (SSSR count). The first kappa shape index (κ1) is 5.30. The minimum atomic E-state index is 0.564. The second kappa shape index (κ2) is 1.74. The first-order valence-corrected chi connectivity index (χ1v) is 3.55. The van der Waals surface area contributed by atoms with Crippen molar-refractivity contribution < 1.29 is 0 Å². The lowest BCUT2D eigenvalue weighted by molar-refractivity contribution is 0.370. The molecule has 0 radical (unpaired) electrons. The molecule has 9 heavy (non-hydrogen) atoms. The minimum Gasteiger partial charge on any atom is -0.376 e. The molecule has 2 heteroatoms. The predicted molar refractivity (Wildman–Crippen MR) is 36.8 cm³/mol. The molecular formula is C7H12N2. The molecule has 2 heterocycles. The Bertz CT molecular complexity index is 142. The van der Waals surface area contributed by atoms with Crippen molar-refractivity contribution >= 4 is 0 Å². The lowest BCUT2D eigenvalue weighted by Crippen LogP contribution is -2.28. The van der Waals surface area contributed by atoms with E-state index in [4.69, 9.17) is 0 Å².